The number of amides is 2. The summed E-state index contributed by atoms with van der Waals surface area (Å²) in [5.74, 6) is 0.395. The topological polar surface area (TPSA) is 87.7 Å². The number of likely N-dealkylation sites (tertiary alicyclic amines) is 1. The summed E-state index contributed by atoms with van der Waals surface area (Å²) in [6.07, 6.45) is 4.95. The normalized spacial score (nSPS) is 26.8. The van der Waals surface area contributed by atoms with Crippen LogP contribution in [0.2, 0.25) is 0 Å². The number of hydrogen-bond acceptors (Lipinski definition) is 4. The van der Waals surface area contributed by atoms with Crippen molar-refractivity contribution >= 4 is 16.1 Å². The van der Waals surface area contributed by atoms with E-state index in [1.807, 2.05) is 0 Å². The molecule has 2 fully saturated rings. The van der Waals surface area contributed by atoms with Crippen molar-refractivity contribution in [3.05, 3.63) is 0 Å². The fourth-order valence-electron chi connectivity index (χ4n) is 2.81. The molecular weight excluding hydrogens is 294 g/mol. The molecule has 2 rings (SSSR count). The zero-order valence-electron chi connectivity index (χ0n) is 12.5. The number of ether oxygens (including phenoxy) is 1. The van der Waals surface area contributed by atoms with Crippen LogP contribution in [0.3, 0.4) is 0 Å². The summed E-state index contributed by atoms with van der Waals surface area (Å²) < 4.78 is 30.2. The molecule has 2 amide bonds. The van der Waals surface area contributed by atoms with Crippen LogP contribution in [-0.2, 0) is 14.8 Å². The highest BCUT2D eigenvalue weighted by atomic mass is 32.2. The van der Waals surface area contributed by atoms with Crippen molar-refractivity contribution in [1.29, 1.82) is 0 Å². The molecule has 2 aliphatic heterocycles. The highest BCUT2D eigenvalue weighted by molar-refractivity contribution is 7.88. The molecule has 0 unspecified atom stereocenters. The minimum Gasteiger partial charge on any atom is -0.381 e. The summed E-state index contributed by atoms with van der Waals surface area (Å²) in [6.45, 7) is 3.08. The van der Waals surface area contributed by atoms with Gasteiger partial charge in [-0.3, -0.25) is 0 Å². The Balaban J connectivity index is 1.83. The molecule has 2 N–H and O–H groups in total. The van der Waals surface area contributed by atoms with Gasteiger partial charge in [-0.15, -0.1) is 0 Å². The van der Waals surface area contributed by atoms with Crippen LogP contribution in [0.5, 0.6) is 0 Å². The molecule has 0 saturated carbocycles. The molecule has 0 aliphatic carbocycles. The van der Waals surface area contributed by atoms with Crippen LogP contribution >= 0.6 is 0 Å². The lowest BCUT2D eigenvalue weighted by Crippen LogP contribution is -2.53. The van der Waals surface area contributed by atoms with Gasteiger partial charge in [0.2, 0.25) is 10.0 Å². The summed E-state index contributed by atoms with van der Waals surface area (Å²) in [5, 5.41) is 2.95. The molecule has 0 aromatic carbocycles. The number of nitrogens with one attached hydrogen (secondary N) is 2. The second-order valence-electron chi connectivity index (χ2n) is 5.88. The van der Waals surface area contributed by atoms with E-state index in [9.17, 15) is 13.2 Å². The van der Waals surface area contributed by atoms with Gasteiger partial charge in [-0.2, -0.15) is 0 Å². The fourth-order valence-corrected chi connectivity index (χ4v) is 3.30. The van der Waals surface area contributed by atoms with Gasteiger partial charge >= 0.3 is 6.03 Å². The van der Waals surface area contributed by atoms with Gasteiger partial charge in [0.25, 0.3) is 0 Å². The van der Waals surface area contributed by atoms with Gasteiger partial charge in [-0.05, 0) is 25.7 Å². The van der Waals surface area contributed by atoms with Gasteiger partial charge in [-0.1, -0.05) is 0 Å². The zero-order chi connectivity index (χ0) is 15.3. The first-order valence-electron chi connectivity index (χ1n) is 7.52. The number of rotatable bonds is 5. The molecule has 122 valence electrons. The lowest BCUT2D eigenvalue weighted by atomic mass is 10.0. The molecule has 0 bridgehead atoms. The van der Waals surface area contributed by atoms with Crippen LogP contribution in [-0.4, -0.2) is 64.5 Å². The number of hydrogen-bond donors (Lipinski definition) is 2. The SMILES string of the molecule is CS(=O)(=O)NC[C@@H]1CCCCN1C(=O)NC[C@@H]1CCOC1. The summed E-state index contributed by atoms with van der Waals surface area (Å²) in [5.41, 5.74) is 0. The fraction of sp³-hybridized carbons (Fsp3) is 0.923. The van der Waals surface area contributed by atoms with E-state index in [1.165, 1.54) is 0 Å². The van der Waals surface area contributed by atoms with Gasteiger partial charge in [-0.25, -0.2) is 17.9 Å². The number of urea groups is 1. The van der Waals surface area contributed by atoms with Gasteiger partial charge < -0.3 is 15.0 Å². The number of carbonyl (C=O) groups is 1. The summed E-state index contributed by atoms with van der Waals surface area (Å²) in [4.78, 5) is 14.0. The Morgan fingerprint density at radius 3 is 2.76 bits per heavy atom. The maximum Gasteiger partial charge on any atom is 0.317 e. The number of nitrogens with zero attached hydrogens (tertiary/aromatic N) is 1. The first-order valence-corrected chi connectivity index (χ1v) is 9.41. The average molecular weight is 319 g/mol. The molecule has 2 heterocycles. The Morgan fingerprint density at radius 2 is 2.10 bits per heavy atom. The third-order valence-corrected chi connectivity index (χ3v) is 4.73. The Bertz CT molecular complexity index is 448. The Hall–Kier alpha value is -0.860. The molecule has 7 nitrogen and oxygen atoms in total. The highest BCUT2D eigenvalue weighted by Gasteiger charge is 2.27. The second-order valence-corrected chi connectivity index (χ2v) is 7.71. The van der Waals surface area contributed by atoms with E-state index in [0.29, 0.717) is 32.2 Å². The van der Waals surface area contributed by atoms with Crippen molar-refractivity contribution in [1.82, 2.24) is 14.9 Å². The minimum atomic E-state index is -3.22. The van der Waals surface area contributed by atoms with E-state index in [4.69, 9.17) is 4.74 Å². The van der Waals surface area contributed by atoms with E-state index in [0.717, 1.165) is 38.5 Å². The molecule has 8 heteroatoms. The Morgan fingerprint density at radius 1 is 1.29 bits per heavy atom. The minimum absolute atomic E-state index is 0.0618. The number of carbonyl (C=O) groups excluding carboxylic acids is 1. The van der Waals surface area contributed by atoms with Crippen molar-refractivity contribution in [3.8, 4) is 0 Å². The van der Waals surface area contributed by atoms with Crippen LogP contribution in [0, 0.1) is 5.92 Å². The van der Waals surface area contributed by atoms with Gasteiger partial charge in [0.15, 0.2) is 0 Å². The molecule has 21 heavy (non-hydrogen) atoms. The molecule has 0 radical (unpaired) electrons. The van der Waals surface area contributed by atoms with Crippen molar-refractivity contribution in [3.63, 3.8) is 0 Å². The first-order chi connectivity index (χ1) is 9.96. The van der Waals surface area contributed by atoms with E-state index in [1.54, 1.807) is 4.90 Å². The molecule has 0 spiro atoms. The van der Waals surface area contributed by atoms with Crippen molar-refractivity contribution in [2.24, 2.45) is 5.92 Å². The van der Waals surface area contributed by atoms with Crippen LogP contribution in [0.4, 0.5) is 4.79 Å². The Labute approximate surface area is 126 Å². The number of piperidine rings is 1. The maximum atomic E-state index is 12.3. The third kappa shape index (κ3) is 5.44. The quantitative estimate of drug-likeness (QED) is 0.754. The average Bonchev–Trinajstić information content (AvgIpc) is 2.95. The lowest BCUT2D eigenvalue weighted by Gasteiger charge is -2.35. The van der Waals surface area contributed by atoms with Crippen molar-refractivity contribution < 1.29 is 17.9 Å². The second kappa shape index (κ2) is 7.42. The van der Waals surface area contributed by atoms with Crippen LogP contribution in [0.1, 0.15) is 25.7 Å². The predicted octanol–water partition coefficient (Wildman–Crippen LogP) is 0.136. The molecular formula is C13H25N3O4S. The smallest absolute Gasteiger partial charge is 0.317 e. The monoisotopic (exact) mass is 319 g/mol. The van der Waals surface area contributed by atoms with Crippen LogP contribution in [0.25, 0.3) is 0 Å². The predicted molar refractivity (Wildman–Crippen MR) is 79.5 cm³/mol. The van der Waals surface area contributed by atoms with Gasteiger partial charge in [0, 0.05) is 38.2 Å². The Kier molecular flexibility index (Phi) is 5.83. The molecule has 2 atom stereocenters. The third-order valence-electron chi connectivity index (χ3n) is 4.04. The standard InChI is InChI=1S/C13H25N3O4S/c1-21(18,19)15-9-12-4-2-3-6-16(12)13(17)14-8-11-5-7-20-10-11/h11-12,15H,2-10H2,1H3,(H,14,17)/t11-,12-/m0/s1. The summed E-state index contributed by atoms with van der Waals surface area (Å²) in [6, 6.07) is -0.157. The first kappa shape index (κ1) is 16.5. The van der Waals surface area contributed by atoms with E-state index in [-0.39, 0.29) is 12.1 Å². The molecule has 2 saturated heterocycles. The van der Waals surface area contributed by atoms with E-state index < -0.39 is 10.0 Å². The maximum absolute atomic E-state index is 12.3. The zero-order valence-corrected chi connectivity index (χ0v) is 13.3. The lowest BCUT2D eigenvalue weighted by molar-refractivity contribution is 0.149. The summed E-state index contributed by atoms with van der Waals surface area (Å²) in [7, 11) is -3.22. The van der Waals surface area contributed by atoms with Crippen LogP contribution < -0.4 is 10.0 Å². The molecule has 0 aromatic rings. The summed E-state index contributed by atoms with van der Waals surface area (Å²) >= 11 is 0. The van der Waals surface area contributed by atoms with Gasteiger partial charge in [0.1, 0.15) is 0 Å². The van der Waals surface area contributed by atoms with E-state index in [2.05, 4.69) is 10.0 Å². The van der Waals surface area contributed by atoms with E-state index >= 15 is 0 Å². The highest BCUT2D eigenvalue weighted by Crippen LogP contribution is 2.17. The number of sulfonamides is 1. The van der Waals surface area contributed by atoms with Crippen LogP contribution in [0.15, 0.2) is 0 Å². The molecule has 2 aliphatic rings. The van der Waals surface area contributed by atoms with Crippen molar-refractivity contribution in [2.45, 2.75) is 31.7 Å². The van der Waals surface area contributed by atoms with Crippen molar-refractivity contribution in [2.75, 3.05) is 39.1 Å². The largest absolute Gasteiger partial charge is 0.381 e. The molecule has 0 aromatic heterocycles. The van der Waals surface area contributed by atoms with Gasteiger partial charge in [0.05, 0.1) is 12.9 Å².